The molecule has 1 atom stereocenters. The smallest absolute Gasteiger partial charge is 0.269 e. The van der Waals surface area contributed by atoms with Crippen molar-refractivity contribution in [2.45, 2.75) is 31.9 Å². The number of aliphatic hydroxyl groups excluding tert-OH is 1. The number of rotatable bonds is 5. The number of hydrogen-bond donors (Lipinski definition) is 2. The van der Waals surface area contributed by atoms with E-state index in [1.807, 2.05) is 0 Å². The Morgan fingerprint density at radius 3 is 2.59 bits per heavy atom. The predicted octanol–water partition coefficient (Wildman–Crippen LogP) is 2.15. The molecule has 0 bridgehead atoms. The average molecular weight is 490 g/mol. The topological polar surface area (TPSA) is 100 Å². The van der Waals surface area contributed by atoms with Gasteiger partial charge in [-0.3, -0.25) is 10.1 Å². The minimum Gasteiger partial charge on any atom is -0.393 e. The summed E-state index contributed by atoms with van der Waals surface area (Å²) >= 11 is 0. The second kappa shape index (κ2) is 10.8. The first-order valence-electron chi connectivity index (χ1n) is 9.14. The monoisotopic (exact) mass is 490 g/mol. The molecule has 2 aliphatic rings. The Bertz CT molecular complexity index is 627. The van der Waals surface area contributed by atoms with Crippen LogP contribution in [-0.4, -0.2) is 59.8 Å². The van der Waals surface area contributed by atoms with Crippen molar-refractivity contribution in [3.05, 3.63) is 39.9 Å². The SMILES string of the molecule is I.O=[N+]([O-])c1ccc(CN=C(NCC2CCOC2)N2CCC(O)CC2)cc1. The number of nitrogens with one attached hydrogen (secondary N) is 1. The lowest BCUT2D eigenvalue weighted by atomic mass is 10.1. The van der Waals surface area contributed by atoms with Gasteiger partial charge in [-0.1, -0.05) is 12.1 Å². The highest BCUT2D eigenvalue weighted by Crippen LogP contribution is 2.15. The van der Waals surface area contributed by atoms with Gasteiger partial charge < -0.3 is 20.1 Å². The number of nitro groups is 1. The molecule has 1 aromatic rings. The van der Waals surface area contributed by atoms with Crippen LogP contribution in [0.25, 0.3) is 0 Å². The average Bonchev–Trinajstić information content (AvgIpc) is 3.17. The Morgan fingerprint density at radius 1 is 1.30 bits per heavy atom. The van der Waals surface area contributed by atoms with E-state index in [2.05, 4.69) is 10.2 Å². The number of nitro benzene ring substituents is 1. The fourth-order valence-electron chi connectivity index (χ4n) is 3.21. The zero-order chi connectivity index (χ0) is 18.4. The number of piperidine rings is 1. The van der Waals surface area contributed by atoms with Crippen LogP contribution >= 0.6 is 24.0 Å². The molecule has 2 saturated heterocycles. The third-order valence-corrected chi connectivity index (χ3v) is 4.90. The summed E-state index contributed by atoms with van der Waals surface area (Å²) in [5, 5.41) is 23.9. The van der Waals surface area contributed by atoms with Gasteiger partial charge in [0.1, 0.15) is 0 Å². The molecule has 2 fully saturated rings. The minimum atomic E-state index is -0.400. The Labute approximate surface area is 176 Å². The van der Waals surface area contributed by atoms with Gasteiger partial charge in [0, 0.05) is 44.3 Å². The molecular formula is C18H27IN4O4. The molecule has 150 valence electrons. The van der Waals surface area contributed by atoms with Crippen LogP contribution in [0.1, 0.15) is 24.8 Å². The number of ether oxygens (including phenoxy) is 1. The summed E-state index contributed by atoms with van der Waals surface area (Å²) < 4.78 is 5.43. The second-order valence-electron chi connectivity index (χ2n) is 6.89. The third kappa shape index (κ3) is 6.58. The van der Waals surface area contributed by atoms with E-state index < -0.39 is 4.92 Å². The number of aliphatic hydroxyl groups is 1. The zero-order valence-corrected chi connectivity index (χ0v) is 17.6. The van der Waals surface area contributed by atoms with Crippen molar-refractivity contribution in [1.82, 2.24) is 10.2 Å². The third-order valence-electron chi connectivity index (χ3n) is 4.90. The van der Waals surface area contributed by atoms with Gasteiger partial charge in [-0.15, -0.1) is 24.0 Å². The summed E-state index contributed by atoms with van der Waals surface area (Å²) in [6.45, 7) is 4.42. The molecule has 2 aliphatic heterocycles. The summed E-state index contributed by atoms with van der Waals surface area (Å²) in [4.78, 5) is 17.2. The van der Waals surface area contributed by atoms with Gasteiger partial charge in [-0.05, 0) is 24.8 Å². The van der Waals surface area contributed by atoms with Crippen LogP contribution in [0, 0.1) is 16.0 Å². The van der Waals surface area contributed by atoms with E-state index >= 15 is 0 Å². The number of halogens is 1. The van der Waals surface area contributed by atoms with Crippen LogP contribution in [0.4, 0.5) is 5.69 Å². The fraction of sp³-hybridized carbons (Fsp3) is 0.611. The molecular weight excluding hydrogens is 463 g/mol. The van der Waals surface area contributed by atoms with Gasteiger partial charge in [0.2, 0.25) is 0 Å². The fourth-order valence-corrected chi connectivity index (χ4v) is 3.21. The Hall–Kier alpha value is -1.46. The molecule has 2 heterocycles. The van der Waals surface area contributed by atoms with Crippen molar-refractivity contribution in [3.8, 4) is 0 Å². The van der Waals surface area contributed by atoms with Crippen molar-refractivity contribution in [1.29, 1.82) is 0 Å². The van der Waals surface area contributed by atoms with Crippen LogP contribution in [0.5, 0.6) is 0 Å². The summed E-state index contributed by atoms with van der Waals surface area (Å²) in [5.41, 5.74) is 1.01. The van der Waals surface area contributed by atoms with Crippen LogP contribution in [0.3, 0.4) is 0 Å². The van der Waals surface area contributed by atoms with E-state index in [4.69, 9.17) is 9.73 Å². The van der Waals surface area contributed by atoms with Crippen molar-refractivity contribution in [3.63, 3.8) is 0 Å². The lowest BCUT2D eigenvalue weighted by Gasteiger charge is -2.33. The number of hydrogen-bond acceptors (Lipinski definition) is 5. The molecule has 0 spiro atoms. The van der Waals surface area contributed by atoms with E-state index in [1.165, 1.54) is 12.1 Å². The van der Waals surface area contributed by atoms with Gasteiger partial charge in [0.05, 0.1) is 24.2 Å². The summed E-state index contributed by atoms with van der Waals surface area (Å²) in [6.07, 6.45) is 2.31. The van der Waals surface area contributed by atoms with Gasteiger partial charge in [0.15, 0.2) is 5.96 Å². The van der Waals surface area contributed by atoms with E-state index in [1.54, 1.807) is 12.1 Å². The van der Waals surface area contributed by atoms with Crippen molar-refractivity contribution in [2.24, 2.45) is 10.9 Å². The number of nitrogens with zero attached hydrogens (tertiary/aromatic N) is 3. The van der Waals surface area contributed by atoms with E-state index in [-0.39, 0.29) is 35.8 Å². The standard InChI is InChI=1S/C18H26N4O4.HI/c23-17-5-8-21(9-6-17)18(20-12-15-7-10-26-13-15)19-11-14-1-3-16(4-2-14)22(24)25;/h1-4,15,17,23H,5-13H2,(H,19,20);1H. The van der Waals surface area contributed by atoms with Crippen LogP contribution < -0.4 is 5.32 Å². The summed E-state index contributed by atoms with van der Waals surface area (Å²) in [6, 6.07) is 6.49. The molecule has 3 rings (SSSR count). The van der Waals surface area contributed by atoms with Crippen molar-refractivity contribution in [2.75, 3.05) is 32.8 Å². The molecule has 0 aliphatic carbocycles. The molecule has 9 heteroatoms. The first-order chi connectivity index (χ1) is 12.6. The second-order valence-corrected chi connectivity index (χ2v) is 6.89. The number of guanidine groups is 1. The maximum Gasteiger partial charge on any atom is 0.269 e. The number of aliphatic imine (C=N–C) groups is 1. The van der Waals surface area contributed by atoms with Crippen molar-refractivity contribution >= 4 is 35.6 Å². The highest BCUT2D eigenvalue weighted by molar-refractivity contribution is 14.0. The number of non-ortho nitro benzene ring substituents is 1. The van der Waals surface area contributed by atoms with E-state index in [0.29, 0.717) is 12.5 Å². The molecule has 0 radical (unpaired) electrons. The number of benzene rings is 1. The van der Waals surface area contributed by atoms with Crippen molar-refractivity contribution < 1.29 is 14.8 Å². The molecule has 0 saturated carbocycles. The molecule has 1 aromatic carbocycles. The zero-order valence-electron chi connectivity index (χ0n) is 15.2. The summed E-state index contributed by atoms with van der Waals surface area (Å²) in [7, 11) is 0. The maximum atomic E-state index is 10.8. The first-order valence-corrected chi connectivity index (χ1v) is 9.14. The normalized spacial score (nSPS) is 21.0. The molecule has 0 amide bonds. The quantitative estimate of drug-likeness (QED) is 0.216. The van der Waals surface area contributed by atoms with Gasteiger partial charge in [-0.25, -0.2) is 4.99 Å². The van der Waals surface area contributed by atoms with Gasteiger partial charge in [0.25, 0.3) is 5.69 Å². The van der Waals surface area contributed by atoms with Gasteiger partial charge in [-0.2, -0.15) is 0 Å². The van der Waals surface area contributed by atoms with Crippen LogP contribution in [-0.2, 0) is 11.3 Å². The molecule has 2 N–H and O–H groups in total. The van der Waals surface area contributed by atoms with Crippen LogP contribution in [0.2, 0.25) is 0 Å². The van der Waals surface area contributed by atoms with Gasteiger partial charge >= 0.3 is 0 Å². The molecule has 1 unspecified atom stereocenters. The minimum absolute atomic E-state index is 0. The molecule has 8 nitrogen and oxygen atoms in total. The maximum absolute atomic E-state index is 10.8. The Morgan fingerprint density at radius 2 is 2.00 bits per heavy atom. The first kappa shape index (κ1) is 21.8. The molecule has 0 aromatic heterocycles. The largest absolute Gasteiger partial charge is 0.393 e. The highest BCUT2D eigenvalue weighted by atomic mass is 127. The summed E-state index contributed by atoms with van der Waals surface area (Å²) in [5.74, 6) is 1.33. The lowest BCUT2D eigenvalue weighted by molar-refractivity contribution is -0.384. The number of likely N-dealkylation sites (tertiary alicyclic amines) is 1. The lowest BCUT2D eigenvalue weighted by Crippen LogP contribution is -2.47. The van der Waals surface area contributed by atoms with E-state index in [9.17, 15) is 15.2 Å². The molecule has 27 heavy (non-hydrogen) atoms. The van der Waals surface area contributed by atoms with Crippen LogP contribution in [0.15, 0.2) is 29.3 Å². The Balaban J connectivity index is 0.00000261. The predicted molar refractivity (Wildman–Crippen MR) is 113 cm³/mol. The Kier molecular flexibility index (Phi) is 8.71. The highest BCUT2D eigenvalue weighted by Gasteiger charge is 2.22. The van der Waals surface area contributed by atoms with E-state index in [0.717, 1.165) is 63.6 Å².